The number of carbonyl (C=O) groups excluding carboxylic acids is 1. The quantitative estimate of drug-likeness (QED) is 0.486. The van der Waals surface area contributed by atoms with Crippen molar-refractivity contribution >= 4 is 34.3 Å². The zero-order chi connectivity index (χ0) is 14.5. The molecule has 0 unspecified atom stereocenters. The number of esters is 1. The van der Waals surface area contributed by atoms with E-state index in [-0.39, 0.29) is 11.5 Å². The van der Waals surface area contributed by atoms with E-state index in [0.717, 1.165) is 38.1 Å². The molecule has 0 aromatic heterocycles. The van der Waals surface area contributed by atoms with Crippen LogP contribution in [0.4, 0.5) is 8.78 Å². The molecule has 1 fully saturated rings. The predicted octanol–water partition coefficient (Wildman–Crippen LogP) is 2.98. The molecule has 108 valence electrons. The smallest absolute Gasteiger partial charge is 0.321 e. The summed E-state index contributed by atoms with van der Waals surface area (Å²) in [5.41, 5.74) is 0. The molecule has 0 saturated carbocycles. The highest BCUT2D eigenvalue weighted by molar-refractivity contribution is 8.23. The number of likely N-dealkylation sites (tertiary alicyclic amines) is 1. The Morgan fingerprint density at radius 2 is 2.05 bits per heavy atom. The highest BCUT2D eigenvalue weighted by Crippen LogP contribution is 2.20. The number of thiocarbonyl (C=S) groups is 1. The topological polar surface area (TPSA) is 29.5 Å². The van der Waals surface area contributed by atoms with Crippen molar-refractivity contribution in [3.8, 4) is 5.75 Å². The van der Waals surface area contributed by atoms with Crippen LogP contribution in [0.2, 0.25) is 0 Å². The molecule has 7 heteroatoms. The Balaban J connectivity index is 1.81. The van der Waals surface area contributed by atoms with Gasteiger partial charge in [-0.15, -0.1) is 0 Å². The van der Waals surface area contributed by atoms with Crippen molar-refractivity contribution in [3.05, 3.63) is 29.8 Å². The van der Waals surface area contributed by atoms with Gasteiger partial charge < -0.3 is 9.64 Å². The summed E-state index contributed by atoms with van der Waals surface area (Å²) in [5, 5.41) is 0. The van der Waals surface area contributed by atoms with Gasteiger partial charge in [-0.25, -0.2) is 8.78 Å². The van der Waals surface area contributed by atoms with Gasteiger partial charge in [-0.3, -0.25) is 4.79 Å². The van der Waals surface area contributed by atoms with E-state index in [0.29, 0.717) is 10.4 Å². The number of thioether (sulfide) groups is 1. The number of ether oxygens (including phenoxy) is 1. The van der Waals surface area contributed by atoms with Crippen LogP contribution in [0.25, 0.3) is 0 Å². The van der Waals surface area contributed by atoms with Gasteiger partial charge in [0, 0.05) is 19.2 Å². The Kier molecular flexibility index (Phi) is 5.31. The van der Waals surface area contributed by atoms with Crippen LogP contribution >= 0.6 is 24.0 Å². The lowest BCUT2D eigenvalue weighted by Gasteiger charge is -2.17. The molecule has 1 aromatic carbocycles. The van der Waals surface area contributed by atoms with Crippen LogP contribution < -0.4 is 4.74 Å². The number of rotatable bonds is 3. The van der Waals surface area contributed by atoms with Crippen LogP contribution in [0, 0.1) is 11.6 Å². The van der Waals surface area contributed by atoms with Crippen LogP contribution in [0.3, 0.4) is 0 Å². The third-order valence-corrected chi connectivity index (χ3v) is 4.29. The molecule has 0 atom stereocenters. The molecule has 20 heavy (non-hydrogen) atoms. The second-order valence-corrected chi connectivity index (χ2v) is 5.91. The van der Waals surface area contributed by atoms with E-state index in [4.69, 9.17) is 17.0 Å². The highest BCUT2D eigenvalue weighted by Gasteiger charge is 2.17. The lowest BCUT2D eigenvalue weighted by molar-refractivity contribution is -0.131. The van der Waals surface area contributed by atoms with Crippen LogP contribution in [0.1, 0.15) is 12.8 Å². The Morgan fingerprint density at radius 1 is 1.35 bits per heavy atom. The molecule has 2 rings (SSSR count). The normalized spacial score (nSPS) is 14.4. The maximum absolute atomic E-state index is 13.3. The zero-order valence-corrected chi connectivity index (χ0v) is 12.2. The van der Waals surface area contributed by atoms with E-state index >= 15 is 0 Å². The van der Waals surface area contributed by atoms with Gasteiger partial charge in [0.05, 0.1) is 5.75 Å². The summed E-state index contributed by atoms with van der Waals surface area (Å²) in [5.74, 6) is -2.49. The maximum atomic E-state index is 13.3. The molecule has 1 aliphatic rings. The summed E-state index contributed by atoms with van der Waals surface area (Å²) in [4.78, 5) is 13.6. The molecule has 0 aliphatic carbocycles. The average Bonchev–Trinajstić information content (AvgIpc) is 2.93. The summed E-state index contributed by atoms with van der Waals surface area (Å²) < 4.78 is 31.5. The molecule has 0 amide bonds. The Hall–Kier alpha value is -1.21. The predicted molar refractivity (Wildman–Crippen MR) is 77.9 cm³/mol. The van der Waals surface area contributed by atoms with Gasteiger partial charge in [-0.2, -0.15) is 0 Å². The lowest BCUT2D eigenvalue weighted by atomic mass is 10.3. The summed E-state index contributed by atoms with van der Waals surface area (Å²) in [6, 6.07) is 2.80. The lowest BCUT2D eigenvalue weighted by Crippen LogP contribution is -2.25. The second-order valence-electron chi connectivity index (χ2n) is 4.30. The molecule has 0 bridgehead atoms. The Morgan fingerprint density at radius 3 is 2.70 bits per heavy atom. The number of halogens is 2. The van der Waals surface area contributed by atoms with Gasteiger partial charge in [0.15, 0.2) is 11.6 Å². The van der Waals surface area contributed by atoms with E-state index in [2.05, 4.69) is 0 Å². The molecule has 1 aliphatic heterocycles. The summed E-state index contributed by atoms with van der Waals surface area (Å²) in [6.45, 7) is 1.82. The van der Waals surface area contributed by atoms with E-state index < -0.39 is 17.6 Å². The number of hydrogen-bond donors (Lipinski definition) is 0. The molecule has 1 saturated heterocycles. The first kappa shape index (κ1) is 15.2. The van der Waals surface area contributed by atoms with Crippen LogP contribution in [-0.4, -0.2) is 34.0 Å². The molecule has 1 aromatic rings. The fourth-order valence-corrected chi connectivity index (χ4v) is 2.85. The van der Waals surface area contributed by atoms with E-state index in [1.54, 1.807) is 0 Å². The van der Waals surface area contributed by atoms with E-state index in [1.807, 2.05) is 4.90 Å². The molecule has 0 N–H and O–H groups in total. The standard InChI is InChI=1S/C13H13F2NO2S2/c14-9-3-4-11(10(15)7-9)18-12(17)8-20-13(19)16-5-1-2-6-16/h3-4,7H,1-2,5-6,8H2. The minimum Gasteiger partial charge on any atom is -0.423 e. The average molecular weight is 317 g/mol. The van der Waals surface area contributed by atoms with Gasteiger partial charge in [0.2, 0.25) is 0 Å². The number of benzene rings is 1. The summed E-state index contributed by atoms with van der Waals surface area (Å²) in [6.07, 6.45) is 2.21. The fraction of sp³-hybridized carbons (Fsp3) is 0.385. The van der Waals surface area contributed by atoms with Gasteiger partial charge in [0.1, 0.15) is 10.1 Å². The van der Waals surface area contributed by atoms with Gasteiger partial charge in [-0.05, 0) is 25.0 Å². The highest BCUT2D eigenvalue weighted by atomic mass is 32.2. The molecule has 0 spiro atoms. The maximum Gasteiger partial charge on any atom is 0.321 e. The van der Waals surface area contributed by atoms with Gasteiger partial charge in [0.25, 0.3) is 0 Å². The first-order chi connectivity index (χ1) is 9.56. The summed E-state index contributed by atoms with van der Waals surface area (Å²) in [7, 11) is 0. The Labute approximate surface area is 125 Å². The van der Waals surface area contributed by atoms with Crippen molar-refractivity contribution in [3.63, 3.8) is 0 Å². The van der Waals surface area contributed by atoms with Crippen molar-refractivity contribution in [2.45, 2.75) is 12.8 Å². The fourth-order valence-electron chi connectivity index (χ4n) is 1.82. The first-order valence-electron chi connectivity index (χ1n) is 6.13. The minimum atomic E-state index is -0.898. The van der Waals surface area contributed by atoms with Crippen LogP contribution in [-0.2, 0) is 4.79 Å². The van der Waals surface area contributed by atoms with Crippen molar-refractivity contribution < 1.29 is 18.3 Å². The van der Waals surface area contributed by atoms with Crippen molar-refractivity contribution in [1.82, 2.24) is 4.90 Å². The van der Waals surface area contributed by atoms with Crippen molar-refractivity contribution in [2.75, 3.05) is 18.8 Å². The molecule has 1 heterocycles. The molecule has 0 radical (unpaired) electrons. The SMILES string of the molecule is O=C(CSC(=S)N1CCCC1)Oc1ccc(F)cc1F. The summed E-state index contributed by atoms with van der Waals surface area (Å²) >= 11 is 6.39. The van der Waals surface area contributed by atoms with Crippen molar-refractivity contribution in [2.24, 2.45) is 0 Å². The zero-order valence-electron chi connectivity index (χ0n) is 10.6. The van der Waals surface area contributed by atoms with E-state index in [1.165, 1.54) is 11.8 Å². The number of carbonyl (C=O) groups is 1. The first-order valence-corrected chi connectivity index (χ1v) is 7.53. The van der Waals surface area contributed by atoms with E-state index in [9.17, 15) is 13.6 Å². The largest absolute Gasteiger partial charge is 0.423 e. The Bertz CT molecular complexity index is 519. The third kappa shape index (κ3) is 4.14. The number of hydrogen-bond acceptors (Lipinski definition) is 4. The molecule has 3 nitrogen and oxygen atoms in total. The number of nitrogens with zero attached hydrogens (tertiary/aromatic N) is 1. The monoisotopic (exact) mass is 317 g/mol. The third-order valence-electron chi connectivity index (χ3n) is 2.80. The van der Waals surface area contributed by atoms with Gasteiger partial charge in [-0.1, -0.05) is 24.0 Å². The van der Waals surface area contributed by atoms with Crippen LogP contribution in [0.15, 0.2) is 18.2 Å². The molecular weight excluding hydrogens is 304 g/mol. The molecular formula is C13H13F2NO2S2. The minimum absolute atomic E-state index is 0.00610. The second kappa shape index (κ2) is 6.99. The van der Waals surface area contributed by atoms with Crippen molar-refractivity contribution in [1.29, 1.82) is 0 Å². The van der Waals surface area contributed by atoms with Gasteiger partial charge >= 0.3 is 5.97 Å². The van der Waals surface area contributed by atoms with Crippen LogP contribution in [0.5, 0.6) is 5.75 Å².